The summed E-state index contributed by atoms with van der Waals surface area (Å²) in [4.78, 5) is 30.6. The van der Waals surface area contributed by atoms with Gasteiger partial charge in [0.05, 0.1) is 0 Å². The van der Waals surface area contributed by atoms with E-state index in [0.29, 0.717) is 25.2 Å². The third kappa shape index (κ3) is 6.45. The molecule has 4 aromatic rings. The number of anilines is 2. The van der Waals surface area contributed by atoms with E-state index >= 15 is 0 Å². The van der Waals surface area contributed by atoms with Crippen LogP contribution in [0.4, 0.5) is 11.4 Å². The Morgan fingerprint density at radius 2 is 1.57 bits per heavy atom. The van der Waals surface area contributed by atoms with Gasteiger partial charge >= 0.3 is 0 Å². The van der Waals surface area contributed by atoms with Gasteiger partial charge in [0.2, 0.25) is 11.7 Å². The lowest BCUT2D eigenvalue weighted by molar-refractivity contribution is -0.121. The fourth-order valence-electron chi connectivity index (χ4n) is 5.56. The Bertz CT molecular complexity index is 1700. The van der Waals surface area contributed by atoms with E-state index in [1.54, 1.807) is 0 Å². The van der Waals surface area contributed by atoms with Crippen LogP contribution in [0.15, 0.2) is 67.0 Å². The molecule has 1 aromatic heterocycles. The molecule has 0 radical (unpaired) electrons. The van der Waals surface area contributed by atoms with Crippen LogP contribution < -0.4 is 25.5 Å². The molecule has 0 spiro atoms. The Morgan fingerprint density at radius 1 is 0.886 bits per heavy atom. The van der Waals surface area contributed by atoms with Gasteiger partial charge in [-0.3, -0.25) is 9.59 Å². The first kappa shape index (κ1) is 30.7. The van der Waals surface area contributed by atoms with Gasteiger partial charge in [0.15, 0.2) is 12.1 Å². The molecule has 0 unspecified atom stereocenters. The molecule has 5 rings (SSSR count). The normalized spacial score (nSPS) is 13.4. The van der Waals surface area contributed by atoms with Gasteiger partial charge in [-0.25, -0.2) is 0 Å². The molecule has 0 fully saturated rings. The van der Waals surface area contributed by atoms with E-state index in [-0.39, 0.29) is 11.7 Å². The van der Waals surface area contributed by atoms with Gasteiger partial charge in [-0.15, -0.1) is 20.4 Å². The number of carbonyl (C=O) groups excluding carboxylic acids is 2. The van der Waals surface area contributed by atoms with Gasteiger partial charge < -0.3 is 15.1 Å². The molecule has 0 bridgehead atoms. The Kier molecular flexibility index (Phi) is 9.00. The average Bonchev–Trinajstić information content (AvgIpc) is 3.02. The summed E-state index contributed by atoms with van der Waals surface area (Å²) in [6.07, 6.45) is 7.32. The summed E-state index contributed by atoms with van der Waals surface area (Å²) in [6, 6.07) is 18.2. The Labute approximate surface area is 260 Å². The summed E-state index contributed by atoms with van der Waals surface area (Å²) < 4.78 is 0. The maximum Gasteiger partial charge on any atom is 0.220 e. The minimum Gasteiger partial charge on any atom is -0.378 e. The summed E-state index contributed by atoms with van der Waals surface area (Å²) in [5.41, 5.74) is 6.59. The molecule has 2 heterocycles. The summed E-state index contributed by atoms with van der Waals surface area (Å²) in [7, 11) is 5.97. The van der Waals surface area contributed by atoms with Gasteiger partial charge in [-0.1, -0.05) is 62.7 Å². The number of hydrogen-bond donors (Lipinski definition) is 1. The molecule has 9 nitrogen and oxygen atoms in total. The molecule has 227 valence electrons. The second-order valence-corrected chi connectivity index (χ2v) is 16.4. The maximum atomic E-state index is 13.9. The van der Waals surface area contributed by atoms with Crippen LogP contribution in [0, 0.1) is 0 Å². The van der Waals surface area contributed by atoms with Crippen molar-refractivity contribution in [2.24, 2.45) is 0 Å². The topological polar surface area (TPSA) is 104 Å². The third-order valence-corrected chi connectivity index (χ3v) is 11.7. The summed E-state index contributed by atoms with van der Waals surface area (Å²) in [5, 5.41) is 20.8. The van der Waals surface area contributed by atoms with Crippen molar-refractivity contribution in [1.29, 1.82) is 0 Å². The quantitative estimate of drug-likeness (QED) is 0.214. The molecule has 1 aliphatic heterocycles. The minimum atomic E-state index is -2.16. The number of ketones is 1. The van der Waals surface area contributed by atoms with Crippen LogP contribution in [0.25, 0.3) is 17.5 Å². The number of nitrogens with zero attached hydrogens (tertiary/aromatic N) is 6. The predicted molar refractivity (Wildman–Crippen MR) is 180 cm³/mol. The number of carbonyl (C=O) groups is 2. The number of unbranched alkanes of at least 4 members (excludes halogenated alkanes) is 1. The molecule has 0 saturated heterocycles. The van der Waals surface area contributed by atoms with Crippen molar-refractivity contribution in [2.75, 3.05) is 38.0 Å². The molecule has 1 N–H and O–H groups in total. The number of nitrogens with one attached hydrogen (secondary N) is 1. The SMILES string of the molecule is CN(C)c1ccc2c(c1)[Si-](C)(C)c1cc(N(C)C)cc(/C=C/CCCC(=O)NCc3ccc(-c4nncnn4)cc3)c1C2=O. The molecule has 0 saturated carbocycles. The van der Waals surface area contributed by atoms with E-state index in [4.69, 9.17) is 0 Å². The van der Waals surface area contributed by atoms with Crippen molar-refractivity contribution < 1.29 is 9.59 Å². The number of benzene rings is 3. The first-order chi connectivity index (χ1) is 21.1. The zero-order valence-corrected chi connectivity index (χ0v) is 27.3. The Hall–Kier alpha value is -4.70. The van der Waals surface area contributed by atoms with Crippen molar-refractivity contribution in [1.82, 2.24) is 25.7 Å². The number of aromatic nitrogens is 4. The Balaban J connectivity index is 1.24. The van der Waals surface area contributed by atoms with Gasteiger partial charge in [-0.2, -0.15) is 23.5 Å². The van der Waals surface area contributed by atoms with Crippen LogP contribution >= 0.6 is 0 Å². The van der Waals surface area contributed by atoms with Crippen LogP contribution in [0.1, 0.15) is 46.3 Å². The smallest absolute Gasteiger partial charge is 0.220 e. The molecule has 1 aliphatic rings. The molecule has 0 atom stereocenters. The largest absolute Gasteiger partial charge is 0.378 e. The van der Waals surface area contributed by atoms with Crippen LogP contribution in [0.3, 0.4) is 0 Å². The van der Waals surface area contributed by atoms with Gasteiger partial charge in [0.1, 0.15) is 0 Å². The Morgan fingerprint density at radius 3 is 2.25 bits per heavy atom. The minimum absolute atomic E-state index is 0.00545. The van der Waals surface area contributed by atoms with E-state index in [1.807, 2.05) is 64.6 Å². The number of fused-ring (bicyclic) bond motifs is 2. The lowest BCUT2D eigenvalue weighted by atomic mass is 9.95. The fourth-order valence-corrected chi connectivity index (χ4v) is 8.62. The van der Waals surface area contributed by atoms with Gasteiger partial charge in [0.25, 0.3) is 0 Å². The second-order valence-electron chi connectivity index (χ2n) is 12.1. The third-order valence-electron chi connectivity index (χ3n) is 8.19. The summed E-state index contributed by atoms with van der Waals surface area (Å²) in [6.45, 7) is 5.12. The highest BCUT2D eigenvalue weighted by atomic mass is 28.3. The van der Waals surface area contributed by atoms with E-state index in [1.165, 1.54) is 16.7 Å². The molecular weight excluding hydrogens is 567 g/mol. The molecule has 10 heteroatoms. The monoisotopic (exact) mass is 605 g/mol. The lowest BCUT2D eigenvalue weighted by Crippen LogP contribution is -2.60. The van der Waals surface area contributed by atoms with Crippen molar-refractivity contribution in [3.05, 3.63) is 89.3 Å². The standard InChI is InChI=1S/C34H39N7O2Si/c1-40(2)26-16-17-28-29(19-26)44(5,6)30-20-27(41(3)4)18-25(32(30)33(28)43)10-8-7-9-11-31(42)35-21-23-12-14-24(15-13-23)34-38-36-22-37-39-34/h8,10,12-20,22H,7,9,11,21H2,1-6H3,(H,35,42)/q-1/b10-8+. The number of rotatable bonds is 10. The molecular formula is C34H39N7O2Si-. The van der Waals surface area contributed by atoms with Gasteiger partial charge in [-0.05, 0) is 47.2 Å². The highest BCUT2D eigenvalue weighted by molar-refractivity contribution is 7.02. The van der Waals surface area contributed by atoms with Crippen molar-refractivity contribution in [3.8, 4) is 11.4 Å². The molecule has 3 aromatic carbocycles. The highest BCUT2D eigenvalue weighted by Crippen LogP contribution is 2.29. The van der Waals surface area contributed by atoms with Crippen LogP contribution in [-0.4, -0.2) is 68.3 Å². The second kappa shape index (κ2) is 12.9. The van der Waals surface area contributed by atoms with Crippen molar-refractivity contribution in [2.45, 2.75) is 38.9 Å². The van der Waals surface area contributed by atoms with E-state index < -0.39 is 8.07 Å². The van der Waals surface area contributed by atoms with E-state index in [0.717, 1.165) is 45.6 Å². The molecule has 0 aliphatic carbocycles. The first-order valence-corrected chi connectivity index (χ1v) is 17.8. The number of amides is 1. The zero-order valence-electron chi connectivity index (χ0n) is 26.3. The average molecular weight is 606 g/mol. The maximum absolute atomic E-state index is 13.9. The highest BCUT2D eigenvalue weighted by Gasteiger charge is 2.31. The predicted octanol–water partition coefficient (Wildman–Crippen LogP) is 3.93. The number of hydrogen-bond acceptors (Lipinski definition) is 8. The van der Waals surface area contributed by atoms with Crippen LogP contribution in [0.5, 0.6) is 0 Å². The van der Waals surface area contributed by atoms with E-state index in [2.05, 4.69) is 79.0 Å². The van der Waals surface area contributed by atoms with Gasteiger partial charge in [0, 0.05) is 58.1 Å². The fraction of sp³-hybridized carbons (Fsp3) is 0.294. The van der Waals surface area contributed by atoms with Crippen molar-refractivity contribution >= 4 is 47.6 Å². The van der Waals surface area contributed by atoms with E-state index in [9.17, 15) is 9.59 Å². The molecule has 44 heavy (non-hydrogen) atoms. The summed E-state index contributed by atoms with van der Waals surface area (Å²) in [5.74, 6) is 0.559. The lowest BCUT2D eigenvalue weighted by Gasteiger charge is -2.45. The van der Waals surface area contributed by atoms with Crippen LogP contribution in [-0.2, 0) is 11.3 Å². The first-order valence-electron chi connectivity index (χ1n) is 14.8. The van der Waals surface area contributed by atoms with Crippen molar-refractivity contribution in [3.63, 3.8) is 0 Å². The number of allylic oxidation sites excluding steroid dienone is 1. The zero-order chi connectivity index (χ0) is 31.4. The summed E-state index contributed by atoms with van der Waals surface area (Å²) >= 11 is 0. The van der Waals surface area contributed by atoms with Crippen LogP contribution in [0.2, 0.25) is 13.1 Å². The molecule has 1 amide bonds.